The highest BCUT2D eigenvalue weighted by Gasteiger charge is 2.66. The zero-order valence-corrected chi connectivity index (χ0v) is 19.7. The molecule has 4 aromatic carbocycles. The first kappa shape index (κ1) is 22.7. The highest BCUT2D eigenvalue weighted by molar-refractivity contribution is 5.59. The highest BCUT2D eigenvalue weighted by atomic mass is 16.7. The standard InChI is InChI=1S/C29H22N2O6/c32-30(33)24-13-5-7-15-26(24)36-29(37-27-16-8-6-14-25(27)31(34)35)19-21-10-2-4-12-23(21)28(29)18-17-20-9-1-3-11-22(20)28/h1-16H,17-19H2. The molecule has 184 valence electrons. The van der Waals surface area contributed by atoms with Crippen molar-refractivity contribution < 1.29 is 19.3 Å². The first-order valence-electron chi connectivity index (χ1n) is 12.0. The molecule has 2 aliphatic carbocycles. The van der Waals surface area contributed by atoms with Crippen LogP contribution in [0.25, 0.3) is 0 Å². The third kappa shape index (κ3) is 3.36. The van der Waals surface area contributed by atoms with Crippen molar-refractivity contribution >= 4 is 11.4 Å². The predicted molar refractivity (Wildman–Crippen MR) is 136 cm³/mol. The second kappa shape index (κ2) is 8.44. The van der Waals surface area contributed by atoms with Crippen molar-refractivity contribution in [2.75, 3.05) is 0 Å². The zero-order chi connectivity index (χ0) is 25.6. The molecule has 37 heavy (non-hydrogen) atoms. The lowest BCUT2D eigenvalue weighted by molar-refractivity contribution is -0.388. The van der Waals surface area contributed by atoms with Crippen LogP contribution < -0.4 is 9.47 Å². The van der Waals surface area contributed by atoms with Crippen molar-refractivity contribution in [1.29, 1.82) is 0 Å². The molecule has 0 N–H and O–H groups in total. The van der Waals surface area contributed by atoms with Gasteiger partial charge in [0.05, 0.1) is 21.7 Å². The van der Waals surface area contributed by atoms with E-state index in [0.717, 1.165) is 28.7 Å². The molecule has 0 saturated heterocycles. The van der Waals surface area contributed by atoms with Crippen LogP contribution in [0.5, 0.6) is 11.5 Å². The molecule has 8 heteroatoms. The van der Waals surface area contributed by atoms with Crippen molar-refractivity contribution in [2.24, 2.45) is 0 Å². The molecular weight excluding hydrogens is 472 g/mol. The third-order valence-electron chi connectivity index (χ3n) is 7.47. The molecule has 0 saturated carbocycles. The summed E-state index contributed by atoms with van der Waals surface area (Å²) in [7, 11) is 0. The predicted octanol–water partition coefficient (Wildman–Crippen LogP) is 6.15. The van der Waals surface area contributed by atoms with Crippen molar-refractivity contribution in [3.63, 3.8) is 0 Å². The van der Waals surface area contributed by atoms with Gasteiger partial charge in [0.15, 0.2) is 0 Å². The number of hydrogen-bond donors (Lipinski definition) is 0. The van der Waals surface area contributed by atoms with Gasteiger partial charge in [-0.2, -0.15) is 0 Å². The molecule has 0 aliphatic heterocycles. The van der Waals surface area contributed by atoms with Crippen LogP contribution >= 0.6 is 0 Å². The van der Waals surface area contributed by atoms with Crippen LogP contribution in [0, 0.1) is 20.2 Å². The SMILES string of the molecule is O=[N+]([O-])c1ccccc1OC1(Oc2ccccc2[N+](=O)[O-])Cc2ccccc2C12CCc1ccccc12. The average Bonchev–Trinajstić information content (AvgIpc) is 3.42. The Labute approximate surface area is 212 Å². The summed E-state index contributed by atoms with van der Waals surface area (Å²) in [5, 5.41) is 23.9. The minimum Gasteiger partial charge on any atom is -0.443 e. The largest absolute Gasteiger partial charge is 0.443 e. The van der Waals surface area contributed by atoms with Crippen LogP contribution in [0.1, 0.15) is 28.7 Å². The summed E-state index contributed by atoms with van der Waals surface area (Å²) >= 11 is 0. The van der Waals surface area contributed by atoms with Crippen LogP contribution in [0.2, 0.25) is 0 Å². The molecule has 8 nitrogen and oxygen atoms in total. The van der Waals surface area contributed by atoms with Crippen molar-refractivity contribution in [3.8, 4) is 11.5 Å². The van der Waals surface area contributed by atoms with E-state index < -0.39 is 21.0 Å². The lowest BCUT2D eigenvalue weighted by Crippen LogP contribution is -2.57. The molecule has 0 aromatic heterocycles. The first-order chi connectivity index (χ1) is 17.9. The van der Waals surface area contributed by atoms with Crippen molar-refractivity contribution in [1.82, 2.24) is 0 Å². The Morgan fingerprint density at radius 2 is 1.08 bits per heavy atom. The molecule has 0 bridgehead atoms. The Hall–Kier alpha value is -4.72. The van der Waals surface area contributed by atoms with Gasteiger partial charge in [-0.1, -0.05) is 72.8 Å². The summed E-state index contributed by atoms with van der Waals surface area (Å²) < 4.78 is 13.4. The molecule has 6 rings (SSSR count). The van der Waals surface area contributed by atoms with Crippen LogP contribution in [0.3, 0.4) is 0 Å². The number of nitro benzene ring substituents is 2. The van der Waals surface area contributed by atoms with Gasteiger partial charge >= 0.3 is 11.4 Å². The van der Waals surface area contributed by atoms with E-state index in [9.17, 15) is 20.2 Å². The fourth-order valence-electron chi connectivity index (χ4n) is 6.00. The summed E-state index contributed by atoms with van der Waals surface area (Å²) in [4.78, 5) is 22.9. The number of rotatable bonds is 6. The van der Waals surface area contributed by atoms with Crippen LogP contribution in [0.4, 0.5) is 11.4 Å². The average molecular weight is 495 g/mol. The van der Waals surface area contributed by atoms with E-state index in [0.29, 0.717) is 6.42 Å². The normalized spacial score (nSPS) is 18.7. The Balaban J connectivity index is 1.64. The van der Waals surface area contributed by atoms with Crippen LogP contribution in [0.15, 0.2) is 97.1 Å². The molecule has 0 amide bonds. The maximum absolute atomic E-state index is 11.9. The minimum absolute atomic E-state index is 0.0441. The number of para-hydroxylation sites is 4. The molecule has 1 unspecified atom stereocenters. The lowest BCUT2D eigenvalue weighted by Gasteiger charge is -2.44. The zero-order valence-electron chi connectivity index (χ0n) is 19.7. The fraction of sp³-hybridized carbons (Fsp3) is 0.172. The second-order valence-corrected chi connectivity index (χ2v) is 9.30. The summed E-state index contributed by atoms with van der Waals surface area (Å²) in [5.41, 5.74) is 2.83. The number of ether oxygens (including phenoxy) is 2. The van der Waals surface area contributed by atoms with Gasteiger partial charge in [-0.25, -0.2) is 0 Å². The summed E-state index contributed by atoms with van der Waals surface area (Å²) in [6.07, 6.45) is 1.60. The number of nitrogens with zero attached hydrogens (tertiary/aromatic N) is 2. The second-order valence-electron chi connectivity index (χ2n) is 9.30. The topological polar surface area (TPSA) is 105 Å². The van der Waals surface area contributed by atoms with Gasteiger partial charge in [-0.15, -0.1) is 0 Å². The number of hydrogen-bond acceptors (Lipinski definition) is 6. The van der Waals surface area contributed by atoms with Crippen molar-refractivity contribution in [2.45, 2.75) is 30.5 Å². The van der Waals surface area contributed by atoms with E-state index in [1.807, 2.05) is 42.5 Å². The summed E-state index contributed by atoms with van der Waals surface area (Å²) in [5.74, 6) is -1.44. The van der Waals surface area contributed by atoms with E-state index in [-0.39, 0.29) is 29.3 Å². The van der Waals surface area contributed by atoms with Gasteiger partial charge in [-0.3, -0.25) is 20.2 Å². The summed E-state index contributed by atoms with van der Waals surface area (Å²) in [6.45, 7) is 0. The molecule has 4 aromatic rings. The van der Waals surface area contributed by atoms with E-state index in [2.05, 4.69) is 6.07 Å². The van der Waals surface area contributed by atoms with Crippen LogP contribution in [-0.4, -0.2) is 15.6 Å². The molecule has 0 fully saturated rings. The van der Waals surface area contributed by atoms with Gasteiger partial charge in [0.25, 0.3) is 5.79 Å². The fourth-order valence-corrected chi connectivity index (χ4v) is 6.00. The maximum Gasteiger partial charge on any atom is 0.311 e. The van der Waals surface area contributed by atoms with Crippen LogP contribution in [-0.2, 0) is 18.3 Å². The Morgan fingerprint density at radius 3 is 1.65 bits per heavy atom. The molecule has 0 radical (unpaired) electrons. The third-order valence-corrected chi connectivity index (χ3v) is 7.47. The first-order valence-corrected chi connectivity index (χ1v) is 12.0. The quantitative estimate of drug-likeness (QED) is 0.181. The molecular formula is C29H22N2O6. The molecule has 1 spiro atoms. The molecule has 2 aliphatic rings. The Morgan fingerprint density at radius 1 is 0.622 bits per heavy atom. The minimum atomic E-state index is -1.53. The monoisotopic (exact) mass is 494 g/mol. The molecule has 1 atom stereocenters. The summed E-state index contributed by atoms with van der Waals surface area (Å²) in [6, 6.07) is 28.3. The number of nitro groups is 2. The van der Waals surface area contributed by atoms with E-state index in [1.165, 1.54) is 12.1 Å². The van der Waals surface area contributed by atoms with Gasteiger partial charge < -0.3 is 9.47 Å². The van der Waals surface area contributed by atoms with Gasteiger partial charge in [-0.05, 0) is 47.2 Å². The van der Waals surface area contributed by atoms with E-state index in [4.69, 9.17) is 9.47 Å². The number of aryl methyl sites for hydroxylation is 1. The van der Waals surface area contributed by atoms with E-state index >= 15 is 0 Å². The van der Waals surface area contributed by atoms with Gasteiger partial charge in [0.2, 0.25) is 11.5 Å². The Bertz CT molecular complexity index is 1480. The number of fused-ring (bicyclic) bond motifs is 4. The smallest absolute Gasteiger partial charge is 0.311 e. The van der Waals surface area contributed by atoms with Gasteiger partial charge in [0, 0.05) is 12.1 Å². The number of benzene rings is 4. The Kier molecular flexibility index (Phi) is 5.19. The molecule has 0 heterocycles. The van der Waals surface area contributed by atoms with E-state index in [1.54, 1.807) is 36.4 Å². The lowest BCUT2D eigenvalue weighted by atomic mass is 9.72. The maximum atomic E-state index is 11.9. The van der Waals surface area contributed by atoms with Gasteiger partial charge in [0.1, 0.15) is 0 Å². The highest BCUT2D eigenvalue weighted by Crippen LogP contribution is 2.59. The van der Waals surface area contributed by atoms with Crippen molar-refractivity contribution in [3.05, 3.63) is 140 Å².